The number of amides is 1. The third kappa shape index (κ3) is 4.14. The molecule has 1 aliphatic rings. The molecule has 1 aromatic heterocycles. The number of nitrogens with zero attached hydrogens (tertiary/aromatic N) is 3. The fourth-order valence-electron chi connectivity index (χ4n) is 3.66. The predicted octanol–water partition coefficient (Wildman–Crippen LogP) is 4.49. The SMILES string of the molecule is COc1ccc([C@@H]2Nn3c(nnc3-c3ccccc3)S[C@H]2C(=O)Nc2ccccc2F)cc1. The average molecular weight is 462 g/mol. The summed E-state index contributed by atoms with van der Waals surface area (Å²) in [6, 6.07) is 22.8. The van der Waals surface area contributed by atoms with Crippen molar-refractivity contribution in [2.24, 2.45) is 0 Å². The van der Waals surface area contributed by atoms with E-state index in [9.17, 15) is 9.18 Å². The van der Waals surface area contributed by atoms with E-state index in [1.807, 2.05) is 54.6 Å². The quantitative estimate of drug-likeness (QED) is 0.456. The normalized spacial score (nSPS) is 17.0. The molecule has 0 saturated heterocycles. The molecule has 5 rings (SSSR count). The summed E-state index contributed by atoms with van der Waals surface area (Å²) in [5.41, 5.74) is 5.30. The van der Waals surface area contributed by atoms with Gasteiger partial charge >= 0.3 is 0 Å². The maximum Gasteiger partial charge on any atom is 0.240 e. The van der Waals surface area contributed by atoms with E-state index >= 15 is 0 Å². The van der Waals surface area contributed by atoms with E-state index in [4.69, 9.17) is 4.74 Å². The topological polar surface area (TPSA) is 81.1 Å². The number of carbonyl (C=O) groups is 1. The summed E-state index contributed by atoms with van der Waals surface area (Å²) < 4.78 is 21.2. The van der Waals surface area contributed by atoms with Crippen LogP contribution in [0.25, 0.3) is 11.4 Å². The number of ether oxygens (including phenoxy) is 1. The first kappa shape index (κ1) is 21.0. The minimum Gasteiger partial charge on any atom is -0.497 e. The third-order valence-electron chi connectivity index (χ3n) is 5.33. The van der Waals surface area contributed by atoms with Crippen molar-refractivity contribution in [3.05, 3.63) is 90.2 Å². The molecule has 2 N–H and O–H groups in total. The number of fused-ring (bicyclic) bond motifs is 1. The lowest BCUT2D eigenvalue weighted by atomic mass is 10.0. The Kier molecular flexibility index (Phi) is 5.70. The minimum atomic E-state index is -0.627. The van der Waals surface area contributed by atoms with Gasteiger partial charge in [0.05, 0.1) is 18.8 Å². The van der Waals surface area contributed by atoms with Crippen LogP contribution in [0.5, 0.6) is 5.75 Å². The van der Waals surface area contributed by atoms with E-state index in [0.29, 0.717) is 16.7 Å². The monoisotopic (exact) mass is 461 g/mol. The largest absolute Gasteiger partial charge is 0.497 e. The molecule has 3 aromatic carbocycles. The highest BCUT2D eigenvalue weighted by Gasteiger charge is 2.38. The molecule has 2 heterocycles. The maximum atomic E-state index is 14.2. The molecule has 0 bridgehead atoms. The van der Waals surface area contributed by atoms with Gasteiger partial charge in [0.2, 0.25) is 11.1 Å². The third-order valence-corrected chi connectivity index (χ3v) is 6.55. The zero-order valence-corrected chi connectivity index (χ0v) is 18.4. The van der Waals surface area contributed by atoms with Crippen LogP contribution in [0.1, 0.15) is 11.6 Å². The Bertz CT molecular complexity index is 1280. The lowest BCUT2D eigenvalue weighted by Crippen LogP contribution is -2.41. The Morgan fingerprint density at radius 2 is 1.76 bits per heavy atom. The number of nitrogens with one attached hydrogen (secondary N) is 2. The first-order valence-electron chi connectivity index (χ1n) is 10.3. The molecule has 4 aromatic rings. The van der Waals surface area contributed by atoms with Crippen LogP contribution < -0.4 is 15.5 Å². The van der Waals surface area contributed by atoms with Crippen molar-refractivity contribution in [1.29, 1.82) is 0 Å². The van der Waals surface area contributed by atoms with E-state index < -0.39 is 17.1 Å². The lowest BCUT2D eigenvalue weighted by molar-refractivity contribution is -0.116. The predicted molar refractivity (Wildman–Crippen MR) is 125 cm³/mol. The fraction of sp³-hybridized carbons (Fsp3) is 0.125. The molecule has 0 aliphatic carbocycles. The molecule has 1 amide bonds. The van der Waals surface area contributed by atoms with Crippen molar-refractivity contribution in [2.75, 3.05) is 17.9 Å². The summed E-state index contributed by atoms with van der Waals surface area (Å²) in [5, 5.41) is 11.3. The minimum absolute atomic E-state index is 0.133. The molecule has 0 radical (unpaired) electrons. The Morgan fingerprint density at radius 3 is 2.48 bits per heavy atom. The number of para-hydroxylation sites is 1. The van der Waals surface area contributed by atoms with Gasteiger partial charge in [0.1, 0.15) is 16.8 Å². The average Bonchev–Trinajstić information content (AvgIpc) is 3.28. The molecular formula is C24H20FN5O2S. The van der Waals surface area contributed by atoms with Gasteiger partial charge in [-0.25, -0.2) is 9.07 Å². The van der Waals surface area contributed by atoms with Crippen molar-refractivity contribution in [1.82, 2.24) is 14.9 Å². The number of rotatable bonds is 5. The number of thioether (sulfide) groups is 1. The zero-order chi connectivity index (χ0) is 22.8. The fourth-order valence-corrected chi connectivity index (χ4v) is 4.74. The number of benzene rings is 3. The van der Waals surface area contributed by atoms with Crippen LogP contribution in [0.2, 0.25) is 0 Å². The second kappa shape index (κ2) is 8.95. The van der Waals surface area contributed by atoms with Crippen LogP contribution >= 0.6 is 11.8 Å². The van der Waals surface area contributed by atoms with Gasteiger partial charge in [-0.3, -0.25) is 4.79 Å². The van der Waals surface area contributed by atoms with Crippen LogP contribution in [-0.4, -0.2) is 33.1 Å². The summed E-state index contributed by atoms with van der Waals surface area (Å²) in [6.07, 6.45) is 0. The Hall–Kier alpha value is -3.85. The van der Waals surface area contributed by atoms with Crippen molar-refractivity contribution in [2.45, 2.75) is 16.4 Å². The molecule has 7 nitrogen and oxygen atoms in total. The number of halogens is 1. The Balaban J connectivity index is 1.52. The summed E-state index contributed by atoms with van der Waals surface area (Å²) >= 11 is 1.28. The second-order valence-corrected chi connectivity index (χ2v) is 8.50. The van der Waals surface area contributed by atoms with E-state index in [1.165, 1.54) is 23.9 Å². The van der Waals surface area contributed by atoms with Gasteiger partial charge in [0.25, 0.3) is 0 Å². The summed E-state index contributed by atoms with van der Waals surface area (Å²) in [6.45, 7) is 0. The molecule has 0 fully saturated rings. The van der Waals surface area contributed by atoms with Crippen LogP contribution in [0.15, 0.2) is 84.0 Å². The number of aromatic nitrogens is 3. The summed E-state index contributed by atoms with van der Waals surface area (Å²) in [5.74, 6) is 0.526. The van der Waals surface area contributed by atoms with E-state index in [1.54, 1.807) is 23.9 Å². The highest BCUT2D eigenvalue weighted by atomic mass is 32.2. The van der Waals surface area contributed by atoms with Gasteiger partial charge in [0, 0.05) is 5.56 Å². The Labute approximate surface area is 194 Å². The number of carbonyl (C=O) groups excluding carboxylic acids is 1. The Morgan fingerprint density at radius 1 is 1.03 bits per heavy atom. The first-order chi connectivity index (χ1) is 16.1. The molecule has 1 aliphatic heterocycles. The number of hydrogen-bond donors (Lipinski definition) is 2. The lowest BCUT2D eigenvalue weighted by Gasteiger charge is -2.33. The smallest absolute Gasteiger partial charge is 0.240 e. The van der Waals surface area contributed by atoms with Crippen molar-refractivity contribution in [3.8, 4) is 17.1 Å². The van der Waals surface area contributed by atoms with Gasteiger partial charge in [-0.2, -0.15) is 0 Å². The molecule has 33 heavy (non-hydrogen) atoms. The summed E-state index contributed by atoms with van der Waals surface area (Å²) in [7, 11) is 1.60. The van der Waals surface area contributed by atoms with Crippen molar-refractivity contribution < 1.29 is 13.9 Å². The summed E-state index contributed by atoms with van der Waals surface area (Å²) in [4.78, 5) is 13.3. The van der Waals surface area contributed by atoms with Crippen LogP contribution in [-0.2, 0) is 4.79 Å². The van der Waals surface area contributed by atoms with Crippen LogP contribution in [0.4, 0.5) is 10.1 Å². The van der Waals surface area contributed by atoms with Gasteiger partial charge < -0.3 is 15.5 Å². The van der Waals surface area contributed by atoms with Crippen molar-refractivity contribution in [3.63, 3.8) is 0 Å². The molecule has 0 saturated carbocycles. The van der Waals surface area contributed by atoms with E-state index in [-0.39, 0.29) is 11.6 Å². The number of hydrogen-bond acceptors (Lipinski definition) is 6. The standard InChI is InChI=1S/C24H20FN5O2S/c1-32-17-13-11-15(12-14-17)20-21(23(31)26-19-10-6-5-9-18(19)25)33-24-28-27-22(30(24)29-20)16-7-3-2-4-8-16/h2-14,20-21,29H,1H3,(H,26,31)/t20-,21+/m0/s1. The van der Waals surface area contributed by atoms with Crippen LogP contribution in [0.3, 0.4) is 0 Å². The molecule has 166 valence electrons. The highest BCUT2D eigenvalue weighted by Crippen LogP contribution is 2.39. The van der Waals surface area contributed by atoms with Gasteiger partial charge in [-0.05, 0) is 29.8 Å². The van der Waals surface area contributed by atoms with Gasteiger partial charge in [-0.1, -0.05) is 66.4 Å². The van der Waals surface area contributed by atoms with E-state index in [2.05, 4.69) is 20.9 Å². The van der Waals surface area contributed by atoms with Gasteiger partial charge in [-0.15, -0.1) is 10.2 Å². The molecule has 0 unspecified atom stereocenters. The second-order valence-electron chi connectivity index (χ2n) is 7.40. The molecular weight excluding hydrogens is 441 g/mol. The molecule has 0 spiro atoms. The first-order valence-corrected chi connectivity index (χ1v) is 11.2. The molecule has 2 atom stereocenters. The molecule has 9 heteroatoms. The van der Waals surface area contributed by atoms with Gasteiger partial charge in [0.15, 0.2) is 5.82 Å². The highest BCUT2D eigenvalue weighted by molar-refractivity contribution is 8.00. The van der Waals surface area contributed by atoms with Crippen molar-refractivity contribution >= 4 is 23.4 Å². The number of anilines is 1. The zero-order valence-electron chi connectivity index (χ0n) is 17.6. The number of methoxy groups -OCH3 is 1. The maximum absolute atomic E-state index is 14.2. The van der Waals surface area contributed by atoms with Crippen LogP contribution in [0, 0.1) is 5.82 Å². The van der Waals surface area contributed by atoms with E-state index in [0.717, 1.165) is 11.1 Å².